The fourth-order valence-corrected chi connectivity index (χ4v) is 5.97. The van der Waals surface area contributed by atoms with Gasteiger partial charge in [-0.05, 0) is 37.8 Å². The Bertz CT molecular complexity index is 762. The third-order valence-electron chi connectivity index (χ3n) is 5.04. The van der Waals surface area contributed by atoms with Gasteiger partial charge >= 0.3 is 0 Å². The Hall–Kier alpha value is -0.740. The van der Waals surface area contributed by atoms with Gasteiger partial charge in [-0.3, -0.25) is 9.20 Å². The van der Waals surface area contributed by atoms with Crippen molar-refractivity contribution in [3.63, 3.8) is 0 Å². The molecule has 0 spiro atoms. The fourth-order valence-electron chi connectivity index (χ4n) is 3.61. The summed E-state index contributed by atoms with van der Waals surface area (Å²) in [6.45, 7) is 2.88. The first-order chi connectivity index (χ1) is 13.2. The fraction of sp³-hybridized carbons (Fsp3) is 0.600. The number of rotatable bonds is 7. The van der Waals surface area contributed by atoms with Crippen LogP contribution in [-0.4, -0.2) is 45.8 Å². The van der Waals surface area contributed by atoms with Crippen LogP contribution in [0.1, 0.15) is 44.0 Å². The second-order valence-corrected chi connectivity index (χ2v) is 10.1. The highest BCUT2D eigenvalue weighted by Crippen LogP contribution is 2.23. The maximum absolute atomic E-state index is 12.1. The Morgan fingerprint density at radius 2 is 2.18 bits per heavy atom. The van der Waals surface area contributed by atoms with E-state index in [0.717, 1.165) is 62.3 Å². The Morgan fingerprint density at radius 3 is 2.93 bits per heavy atom. The molecule has 0 radical (unpaired) electrons. The van der Waals surface area contributed by atoms with Crippen molar-refractivity contribution < 1.29 is 4.21 Å². The molecule has 2 N–H and O–H groups in total. The molecule has 3 rings (SSSR count). The van der Waals surface area contributed by atoms with Gasteiger partial charge in [0, 0.05) is 47.9 Å². The molecule has 3 unspecified atom stereocenters. The van der Waals surface area contributed by atoms with Gasteiger partial charge in [0.15, 0.2) is 5.96 Å². The van der Waals surface area contributed by atoms with E-state index in [1.54, 1.807) is 11.3 Å². The second-order valence-electron chi connectivity index (χ2n) is 6.98. The Labute approximate surface area is 191 Å². The van der Waals surface area contributed by atoms with E-state index in [1.807, 2.05) is 20.0 Å². The molecular weight excluding hydrogens is 503 g/mol. The van der Waals surface area contributed by atoms with Gasteiger partial charge in [-0.25, -0.2) is 4.98 Å². The zero-order chi connectivity index (χ0) is 19.1. The van der Waals surface area contributed by atoms with Crippen LogP contribution in [0.25, 0.3) is 10.2 Å². The Morgan fingerprint density at radius 1 is 1.36 bits per heavy atom. The van der Waals surface area contributed by atoms with Crippen LogP contribution in [0.5, 0.6) is 0 Å². The van der Waals surface area contributed by atoms with Crippen molar-refractivity contribution >= 4 is 62.3 Å². The standard InChI is InChI=1S/C20H30N4OS2.HI/c1-3-27(25)16-9-6-8-15(14-16)23-20(21-2)22-13-7-12-19-24-17-10-4-5-11-18(17)26-19;/h4-5,10-11,15-16H,3,6-9,12-14H2,1-2H3,(H2,21,22,23);1H. The molecular formula is C20H31IN4OS2. The van der Waals surface area contributed by atoms with Crippen molar-refractivity contribution in [2.24, 2.45) is 4.99 Å². The number of hydrogen-bond donors (Lipinski definition) is 2. The minimum Gasteiger partial charge on any atom is -0.356 e. The average molecular weight is 535 g/mol. The molecule has 1 aromatic carbocycles. The number of aromatic nitrogens is 1. The summed E-state index contributed by atoms with van der Waals surface area (Å²) in [5.41, 5.74) is 1.10. The minimum absolute atomic E-state index is 0. The number of thiazole rings is 1. The van der Waals surface area contributed by atoms with Gasteiger partial charge in [-0.2, -0.15) is 0 Å². The molecule has 0 saturated heterocycles. The topological polar surface area (TPSA) is 66.4 Å². The molecule has 0 bridgehead atoms. The van der Waals surface area contributed by atoms with Crippen molar-refractivity contribution in [1.29, 1.82) is 0 Å². The molecule has 1 saturated carbocycles. The number of nitrogens with one attached hydrogen (secondary N) is 2. The first kappa shape index (κ1) is 23.5. The number of nitrogens with zero attached hydrogens (tertiary/aromatic N) is 2. The highest BCUT2D eigenvalue weighted by Gasteiger charge is 2.25. The minimum atomic E-state index is -0.692. The number of halogens is 1. The first-order valence-corrected chi connectivity index (χ1v) is 12.1. The lowest BCUT2D eigenvalue weighted by molar-refractivity contribution is 0.413. The zero-order valence-electron chi connectivity index (χ0n) is 16.6. The van der Waals surface area contributed by atoms with Crippen LogP contribution in [-0.2, 0) is 17.2 Å². The normalized spacial score (nSPS) is 21.1. The molecule has 1 fully saturated rings. The lowest BCUT2D eigenvalue weighted by atomic mass is 9.95. The van der Waals surface area contributed by atoms with E-state index in [9.17, 15) is 4.21 Å². The van der Waals surface area contributed by atoms with Crippen LogP contribution in [0.3, 0.4) is 0 Å². The van der Waals surface area contributed by atoms with Crippen LogP contribution in [0.15, 0.2) is 29.3 Å². The van der Waals surface area contributed by atoms with Gasteiger partial charge in [0.05, 0.1) is 15.2 Å². The predicted molar refractivity (Wildman–Crippen MR) is 133 cm³/mol. The molecule has 2 aromatic rings. The molecule has 0 amide bonds. The molecule has 1 heterocycles. The van der Waals surface area contributed by atoms with Gasteiger partial charge in [-0.1, -0.05) is 25.5 Å². The number of benzene rings is 1. The van der Waals surface area contributed by atoms with Gasteiger partial charge in [-0.15, -0.1) is 35.3 Å². The monoisotopic (exact) mass is 534 g/mol. The van der Waals surface area contributed by atoms with Gasteiger partial charge < -0.3 is 10.6 Å². The number of aliphatic imine (C=N–C) groups is 1. The molecule has 1 aromatic heterocycles. The summed E-state index contributed by atoms with van der Waals surface area (Å²) in [6, 6.07) is 8.67. The van der Waals surface area contributed by atoms with Crippen molar-refractivity contribution in [2.45, 2.75) is 56.7 Å². The van der Waals surface area contributed by atoms with Crippen LogP contribution in [0, 0.1) is 0 Å². The van der Waals surface area contributed by atoms with Gasteiger partial charge in [0.1, 0.15) is 0 Å². The summed E-state index contributed by atoms with van der Waals surface area (Å²) in [4.78, 5) is 9.05. The van der Waals surface area contributed by atoms with Gasteiger partial charge in [0.2, 0.25) is 0 Å². The van der Waals surface area contributed by atoms with E-state index in [1.165, 1.54) is 9.71 Å². The lowest BCUT2D eigenvalue weighted by Crippen LogP contribution is -2.46. The van der Waals surface area contributed by atoms with Crippen LogP contribution >= 0.6 is 35.3 Å². The first-order valence-electron chi connectivity index (χ1n) is 9.88. The molecule has 8 heteroatoms. The number of aryl methyl sites for hydroxylation is 1. The van der Waals surface area contributed by atoms with Crippen LogP contribution in [0.4, 0.5) is 0 Å². The quantitative estimate of drug-likeness (QED) is 0.243. The average Bonchev–Trinajstić information content (AvgIpc) is 3.12. The molecule has 3 atom stereocenters. The summed E-state index contributed by atoms with van der Waals surface area (Å²) in [5, 5.41) is 8.47. The zero-order valence-corrected chi connectivity index (χ0v) is 20.6. The molecule has 0 aliphatic heterocycles. The van der Waals surface area contributed by atoms with E-state index in [-0.39, 0.29) is 24.0 Å². The van der Waals surface area contributed by atoms with E-state index >= 15 is 0 Å². The Balaban J connectivity index is 0.00000280. The molecule has 156 valence electrons. The third kappa shape index (κ3) is 6.66. The van der Waals surface area contributed by atoms with Crippen LogP contribution in [0.2, 0.25) is 0 Å². The number of guanidine groups is 1. The van der Waals surface area contributed by atoms with E-state index in [2.05, 4.69) is 33.8 Å². The molecule has 1 aliphatic carbocycles. The maximum atomic E-state index is 12.1. The van der Waals surface area contributed by atoms with Crippen molar-refractivity contribution in [2.75, 3.05) is 19.3 Å². The van der Waals surface area contributed by atoms with E-state index in [4.69, 9.17) is 4.98 Å². The molecule has 28 heavy (non-hydrogen) atoms. The summed E-state index contributed by atoms with van der Waals surface area (Å²) in [7, 11) is 1.12. The van der Waals surface area contributed by atoms with Gasteiger partial charge in [0.25, 0.3) is 0 Å². The van der Waals surface area contributed by atoms with Crippen molar-refractivity contribution in [3.8, 4) is 0 Å². The lowest BCUT2D eigenvalue weighted by Gasteiger charge is -2.30. The SMILES string of the molecule is CCS(=O)C1CCCC(NC(=NC)NCCCc2nc3ccccc3s2)C1.I. The smallest absolute Gasteiger partial charge is 0.191 e. The largest absolute Gasteiger partial charge is 0.356 e. The predicted octanol–water partition coefficient (Wildman–Crippen LogP) is 4.09. The summed E-state index contributed by atoms with van der Waals surface area (Å²) >= 11 is 1.78. The summed E-state index contributed by atoms with van der Waals surface area (Å²) in [5.74, 6) is 1.61. The highest BCUT2D eigenvalue weighted by atomic mass is 127. The van der Waals surface area contributed by atoms with E-state index in [0.29, 0.717) is 11.3 Å². The maximum Gasteiger partial charge on any atom is 0.191 e. The number of fused-ring (bicyclic) bond motifs is 1. The summed E-state index contributed by atoms with van der Waals surface area (Å²) < 4.78 is 13.4. The highest BCUT2D eigenvalue weighted by molar-refractivity contribution is 14.0. The summed E-state index contributed by atoms with van der Waals surface area (Å²) in [6.07, 6.45) is 6.34. The molecule has 1 aliphatic rings. The second kappa shape index (κ2) is 12.1. The van der Waals surface area contributed by atoms with Crippen molar-refractivity contribution in [1.82, 2.24) is 15.6 Å². The van der Waals surface area contributed by atoms with Crippen LogP contribution < -0.4 is 10.6 Å². The molecule has 5 nitrogen and oxygen atoms in total. The van der Waals surface area contributed by atoms with E-state index < -0.39 is 10.8 Å². The number of hydrogen-bond acceptors (Lipinski definition) is 4. The number of para-hydroxylation sites is 1. The third-order valence-corrected chi connectivity index (χ3v) is 7.88. The van der Waals surface area contributed by atoms with Crippen molar-refractivity contribution in [3.05, 3.63) is 29.3 Å². The Kier molecular flexibility index (Phi) is 10.1.